The first-order valence-corrected chi connectivity index (χ1v) is 13.6. The van der Waals surface area contributed by atoms with Gasteiger partial charge >= 0.3 is 6.09 Å². The quantitative estimate of drug-likeness (QED) is 0.375. The molecule has 7 heteroatoms. The number of ether oxygens (including phenoxy) is 1. The third-order valence-electron chi connectivity index (χ3n) is 5.91. The molecular formula is C26H46N4O2S. The number of carbonyl (C=O) groups is 1. The van der Waals surface area contributed by atoms with E-state index in [-0.39, 0.29) is 6.09 Å². The molecule has 1 aliphatic carbocycles. The van der Waals surface area contributed by atoms with E-state index in [1.165, 1.54) is 48.3 Å². The number of benzene rings is 1. The highest BCUT2D eigenvalue weighted by Crippen LogP contribution is 2.26. The summed E-state index contributed by atoms with van der Waals surface area (Å²) in [4.78, 5) is 17.6. The van der Waals surface area contributed by atoms with Gasteiger partial charge < -0.3 is 15.0 Å². The van der Waals surface area contributed by atoms with E-state index in [2.05, 4.69) is 40.1 Å². The van der Waals surface area contributed by atoms with E-state index in [0.29, 0.717) is 6.04 Å². The van der Waals surface area contributed by atoms with Gasteiger partial charge in [0.2, 0.25) is 0 Å². The number of nitrogens with zero attached hydrogens (tertiary/aromatic N) is 2. The van der Waals surface area contributed by atoms with Gasteiger partial charge in [-0.25, -0.2) is 4.79 Å². The number of hydrogen-bond donors (Lipinski definition) is 2. The molecule has 1 saturated carbocycles. The van der Waals surface area contributed by atoms with Crippen molar-refractivity contribution in [2.45, 2.75) is 90.2 Å². The van der Waals surface area contributed by atoms with Crippen LogP contribution in [0.5, 0.6) is 0 Å². The topological polar surface area (TPSA) is 56.8 Å². The van der Waals surface area contributed by atoms with Crippen LogP contribution in [0.4, 0.5) is 10.5 Å². The van der Waals surface area contributed by atoms with Crippen LogP contribution in [0.15, 0.2) is 23.1 Å². The van der Waals surface area contributed by atoms with Gasteiger partial charge in [-0.05, 0) is 76.2 Å². The van der Waals surface area contributed by atoms with Crippen LogP contribution < -0.4 is 10.0 Å². The Balaban J connectivity index is 0.00000187. The number of hydrogen-bond acceptors (Lipinski definition) is 6. The zero-order valence-electron chi connectivity index (χ0n) is 21.7. The Morgan fingerprint density at radius 2 is 1.76 bits per heavy atom. The fraction of sp³-hybridized carbons (Fsp3) is 0.731. The zero-order chi connectivity index (χ0) is 24.3. The van der Waals surface area contributed by atoms with Gasteiger partial charge in [-0.3, -0.25) is 9.62 Å². The lowest BCUT2D eigenvalue weighted by molar-refractivity contribution is 0.0147. The van der Waals surface area contributed by atoms with E-state index in [1.807, 2.05) is 39.5 Å². The van der Waals surface area contributed by atoms with Crippen LogP contribution in [0, 0.1) is 6.92 Å². The van der Waals surface area contributed by atoms with Gasteiger partial charge in [0, 0.05) is 55.9 Å². The summed E-state index contributed by atoms with van der Waals surface area (Å²) in [5.41, 5.74) is 2.16. The predicted molar refractivity (Wildman–Crippen MR) is 141 cm³/mol. The minimum atomic E-state index is -0.433. The van der Waals surface area contributed by atoms with Crippen LogP contribution in [-0.4, -0.2) is 66.8 Å². The van der Waals surface area contributed by atoms with Gasteiger partial charge in [-0.2, -0.15) is 0 Å². The van der Waals surface area contributed by atoms with Crippen LogP contribution in [-0.2, 0) is 4.74 Å². The molecular weight excluding hydrogens is 432 g/mol. The third-order valence-corrected chi connectivity index (χ3v) is 6.74. The van der Waals surface area contributed by atoms with Crippen molar-refractivity contribution in [3.8, 4) is 0 Å². The summed E-state index contributed by atoms with van der Waals surface area (Å²) in [7, 11) is 0. The number of piperazine rings is 1. The highest BCUT2D eigenvalue weighted by molar-refractivity contribution is 7.97. The molecule has 0 unspecified atom stereocenters. The molecule has 1 amide bonds. The van der Waals surface area contributed by atoms with Crippen molar-refractivity contribution in [3.63, 3.8) is 0 Å². The Hall–Kier alpha value is -1.44. The molecule has 0 spiro atoms. The van der Waals surface area contributed by atoms with Crippen LogP contribution in [0.3, 0.4) is 0 Å². The SMILES string of the molecule is CC.Cc1cc(SNCCN2CCN(C(=O)OC(C)(C)C)CC2)ccc1NC1CCCCC1. The Morgan fingerprint density at radius 3 is 2.36 bits per heavy atom. The van der Waals surface area contributed by atoms with E-state index >= 15 is 0 Å². The number of carbonyl (C=O) groups excluding carboxylic acids is 1. The summed E-state index contributed by atoms with van der Waals surface area (Å²) in [5, 5.41) is 3.74. The van der Waals surface area contributed by atoms with Crippen molar-refractivity contribution in [2.24, 2.45) is 0 Å². The molecule has 2 aliphatic rings. The van der Waals surface area contributed by atoms with Crippen molar-refractivity contribution in [3.05, 3.63) is 23.8 Å². The molecule has 0 radical (unpaired) electrons. The van der Waals surface area contributed by atoms with E-state index < -0.39 is 5.60 Å². The van der Waals surface area contributed by atoms with Gasteiger partial charge in [0.05, 0.1) is 0 Å². The van der Waals surface area contributed by atoms with Crippen molar-refractivity contribution in [1.82, 2.24) is 14.5 Å². The van der Waals surface area contributed by atoms with E-state index in [0.717, 1.165) is 39.3 Å². The molecule has 0 aromatic heterocycles. The highest BCUT2D eigenvalue weighted by atomic mass is 32.2. The Bertz CT molecular complexity index is 709. The fourth-order valence-electron chi connectivity index (χ4n) is 4.15. The molecule has 188 valence electrons. The van der Waals surface area contributed by atoms with Crippen molar-refractivity contribution in [1.29, 1.82) is 0 Å². The zero-order valence-corrected chi connectivity index (χ0v) is 22.5. The average molecular weight is 479 g/mol. The number of amides is 1. The average Bonchev–Trinajstić information content (AvgIpc) is 2.80. The fourth-order valence-corrected chi connectivity index (χ4v) is 4.88. The minimum Gasteiger partial charge on any atom is -0.444 e. The summed E-state index contributed by atoms with van der Waals surface area (Å²) in [6, 6.07) is 7.33. The van der Waals surface area contributed by atoms with E-state index in [4.69, 9.17) is 4.74 Å². The molecule has 1 aromatic carbocycles. The van der Waals surface area contributed by atoms with Crippen LogP contribution in [0.1, 0.15) is 72.3 Å². The summed E-state index contributed by atoms with van der Waals surface area (Å²) >= 11 is 1.70. The van der Waals surface area contributed by atoms with Gasteiger partial charge in [0.25, 0.3) is 0 Å². The number of anilines is 1. The van der Waals surface area contributed by atoms with Crippen LogP contribution in [0.2, 0.25) is 0 Å². The maximum absolute atomic E-state index is 12.2. The van der Waals surface area contributed by atoms with Crippen LogP contribution >= 0.6 is 11.9 Å². The van der Waals surface area contributed by atoms with Crippen LogP contribution in [0.25, 0.3) is 0 Å². The molecule has 0 atom stereocenters. The van der Waals surface area contributed by atoms with Crippen molar-refractivity contribution >= 4 is 23.7 Å². The summed E-state index contributed by atoms with van der Waals surface area (Å²) in [6.07, 6.45) is 6.48. The van der Waals surface area contributed by atoms with Crippen molar-refractivity contribution in [2.75, 3.05) is 44.6 Å². The number of nitrogens with one attached hydrogen (secondary N) is 2. The molecule has 33 heavy (non-hydrogen) atoms. The molecule has 6 nitrogen and oxygen atoms in total. The Labute approximate surface area is 206 Å². The molecule has 2 N–H and O–H groups in total. The van der Waals surface area contributed by atoms with Gasteiger partial charge in [0.15, 0.2) is 0 Å². The van der Waals surface area contributed by atoms with Gasteiger partial charge in [0.1, 0.15) is 5.60 Å². The van der Waals surface area contributed by atoms with Gasteiger partial charge in [-0.15, -0.1) is 0 Å². The first-order chi connectivity index (χ1) is 15.8. The second kappa shape index (κ2) is 14.1. The second-order valence-corrected chi connectivity index (χ2v) is 10.7. The maximum Gasteiger partial charge on any atom is 0.410 e. The summed E-state index contributed by atoms with van der Waals surface area (Å²) in [6.45, 7) is 17.1. The summed E-state index contributed by atoms with van der Waals surface area (Å²) in [5.74, 6) is 0. The molecule has 0 bridgehead atoms. The lowest BCUT2D eigenvalue weighted by Crippen LogP contribution is -2.50. The molecule has 1 saturated heterocycles. The lowest BCUT2D eigenvalue weighted by Gasteiger charge is -2.35. The smallest absolute Gasteiger partial charge is 0.410 e. The minimum absolute atomic E-state index is 0.197. The van der Waals surface area contributed by atoms with E-state index in [1.54, 1.807) is 11.9 Å². The maximum atomic E-state index is 12.2. The monoisotopic (exact) mass is 478 g/mol. The first-order valence-electron chi connectivity index (χ1n) is 12.8. The molecule has 1 aromatic rings. The normalized spacial score (nSPS) is 17.8. The third kappa shape index (κ3) is 10.1. The predicted octanol–water partition coefficient (Wildman–Crippen LogP) is 5.92. The number of rotatable bonds is 7. The molecule has 2 fully saturated rings. The molecule has 3 rings (SSSR count). The second-order valence-electron chi connectivity index (χ2n) is 9.76. The lowest BCUT2D eigenvalue weighted by atomic mass is 9.95. The largest absolute Gasteiger partial charge is 0.444 e. The molecule has 1 aliphatic heterocycles. The van der Waals surface area contributed by atoms with Crippen molar-refractivity contribution < 1.29 is 9.53 Å². The Morgan fingerprint density at radius 1 is 1.09 bits per heavy atom. The first kappa shape index (κ1) is 27.8. The molecule has 1 heterocycles. The number of aryl methyl sites for hydroxylation is 1. The van der Waals surface area contributed by atoms with Gasteiger partial charge in [-0.1, -0.05) is 33.1 Å². The standard InChI is InChI=1S/C24H40N4O2S.C2H6/c1-19-18-21(10-11-22(19)26-20-8-6-5-7-9-20)31-25-12-13-27-14-16-28(17-15-27)23(29)30-24(2,3)4;1-2/h10-11,18,20,25-26H,5-9,12-17H2,1-4H3;1-2H3. The highest BCUT2D eigenvalue weighted by Gasteiger charge is 2.25. The summed E-state index contributed by atoms with van der Waals surface area (Å²) < 4.78 is 8.96. The Kier molecular flexibility index (Phi) is 11.9. The van der Waals surface area contributed by atoms with E-state index in [9.17, 15) is 4.79 Å².